The number of nitrogens with one attached hydrogen (secondary N) is 1. The third-order valence-electron chi connectivity index (χ3n) is 2.90. The molecule has 0 atom stereocenters. The molecule has 2 heterocycles. The summed E-state index contributed by atoms with van der Waals surface area (Å²) >= 11 is 8.95. The first kappa shape index (κ1) is 13.4. The van der Waals surface area contributed by atoms with E-state index in [1.54, 1.807) is 23.5 Å². The summed E-state index contributed by atoms with van der Waals surface area (Å²) in [6, 6.07) is 9.42. The predicted octanol–water partition coefficient (Wildman–Crippen LogP) is 4.13. The fourth-order valence-corrected chi connectivity index (χ4v) is 3.75. The van der Waals surface area contributed by atoms with Crippen molar-refractivity contribution in [2.24, 2.45) is 0 Å². The van der Waals surface area contributed by atoms with E-state index in [1.807, 2.05) is 23.6 Å². The number of amides is 1. The molecule has 0 aliphatic heterocycles. The Balaban J connectivity index is 1.86. The van der Waals surface area contributed by atoms with Crippen molar-refractivity contribution in [1.29, 1.82) is 0 Å². The first-order chi connectivity index (χ1) is 9.65. The number of nitrogens with two attached hydrogens (primary N) is 1. The standard InChI is InChI=1S/C14H11ClN2OS2/c15-8-3-4-11-10(6-8)12(16)13(20-11)14(18)17-7-9-2-1-5-19-9/h1-6H,7,16H2,(H,17,18). The van der Waals surface area contributed by atoms with E-state index in [4.69, 9.17) is 17.3 Å². The van der Waals surface area contributed by atoms with Gasteiger partial charge in [0.25, 0.3) is 5.91 Å². The zero-order chi connectivity index (χ0) is 14.1. The van der Waals surface area contributed by atoms with Gasteiger partial charge in [-0.2, -0.15) is 0 Å². The summed E-state index contributed by atoms with van der Waals surface area (Å²) in [5, 5.41) is 6.33. The van der Waals surface area contributed by atoms with E-state index in [9.17, 15) is 4.79 Å². The minimum atomic E-state index is -0.145. The Kier molecular flexibility index (Phi) is 3.65. The van der Waals surface area contributed by atoms with Crippen LogP contribution in [0.4, 0.5) is 5.69 Å². The molecule has 2 aromatic heterocycles. The van der Waals surface area contributed by atoms with Gasteiger partial charge in [0.05, 0.1) is 12.2 Å². The van der Waals surface area contributed by atoms with Crippen LogP contribution in [0.2, 0.25) is 5.02 Å². The van der Waals surface area contributed by atoms with Crippen molar-refractivity contribution in [3.63, 3.8) is 0 Å². The number of halogens is 1. The van der Waals surface area contributed by atoms with Gasteiger partial charge >= 0.3 is 0 Å². The third kappa shape index (κ3) is 2.52. The number of carbonyl (C=O) groups excluding carboxylic acids is 1. The first-order valence-corrected chi connectivity index (χ1v) is 8.00. The SMILES string of the molecule is Nc1c(C(=O)NCc2cccs2)sc2ccc(Cl)cc12. The van der Waals surface area contributed by atoms with Crippen LogP contribution < -0.4 is 11.1 Å². The van der Waals surface area contributed by atoms with Gasteiger partial charge in [0.2, 0.25) is 0 Å². The maximum atomic E-state index is 12.2. The topological polar surface area (TPSA) is 55.1 Å². The lowest BCUT2D eigenvalue weighted by Crippen LogP contribution is -2.22. The molecule has 0 radical (unpaired) electrons. The van der Waals surface area contributed by atoms with Crippen LogP contribution in [0.3, 0.4) is 0 Å². The van der Waals surface area contributed by atoms with Crippen molar-refractivity contribution in [2.75, 3.05) is 5.73 Å². The number of benzene rings is 1. The van der Waals surface area contributed by atoms with E-state index < -0.39 is 0 Å². The number of carbonyl (C=O) groups is 1. The lowest BCUT2D eigenvalue weighted by Gasteiger charge is -2.02. The largest absolute Gasteiger partial charge is 0.397 e. The normalized spacial score (nSPS) is 10.8. The summed E-state index contributed by atoms with van der Waals surface area (Å²) in [6.45, 7) is 0.519. The molecule has 0 saturated heterocycles. The van der Waals surface area contributed by atoms with Gasteiger partial charge in [-0.05, 0) is 29.6 Å². The molecular weight excluding hydrogens is 312 g/mol. The Morgan fingerprint density at radius 1 is 1.35 bits per heavy atom. The van der Waals surface area contributed by atoms with E-state index in [2.05, 4.69) is 5.32 Å². The second-order valence-corrected chi connectivity index (χ2v) is 6.77. The molecular formula is C14H11ClN2OS2. The van der Waals surface area contributed by atoms with Crippen molar-refractivity contribution in [3.05, 3.63) is 50.5 Å². The average Bonchev–Trinajstić information content (AvgIpc) is 3.05. The first-order valence-electron chi connectivity index (χ1n) is 5.93. The fraction of sp³-hybridized carbons (Fsp3) is 0.0714. The van der Waals surface area contributed by atoms with E-state index in [0.29, 0.717) is 22.1 Å². The lowest BCUT2D eigenvalue weighted by molar-refractivity contribution is 0.0956. The number of thiophene rings is 2. The lowest BCUT2D eigenvalue weighted by atomic mass is 10.2. The summed E-state index contributed by atoms with van der Waals surface area (Å²) in [5.41, 5.74) is 6.55. The van der Waals surface area contributed by atoms with Crippen LogP contribution in [-0.2, 0) is 6.54 Å². The number of nitrogen functional groups attached to an aromatic ring is 1. The Morgan fingerprint density at radius 3 is 2.95 bits per heavy atom. The molecule has 0 fully saturated rings. The molecule has 0 aliphatic carbocycles. The van der Waals surface area contributed by atoms with Crippen molar-refractivity contribution in [1.82, 2.24) is 5.32 Å². The summed E-state index contributed by atoms with van der Waals surface area (Å²) < 4.78 is 0.966. The van der Waals surface area contributed by atoms with Gasteiger partial charge in [-0.25, -0.2) is 0 Å². The van der Waals surface area contributed by atoms with Crippen LogP contribution in [-0.4, -0.2) is 5.91 Å². The molecule has 3 N–H and O–H groups in total. The van der Waals surface area contributed by atoms with Crippen LogP contribution in [0.5, 0.6) is 0 Å². The molecule has 0 bridgehead atoms. The summed E-state index contributed by atoms with van der Waals surface area (Å²) in [7, 11) is 0. The van der Waals surface area contributed by atoms with Crippen LogP contribution in [0.15, 0.2) is 35.7 Å². The highest BCUT2D eigenvalue weighted by Gasteiger charge is 2.16. The van der Waals surface area contributed by atoms with Gasteiger partial charge in [0.1, 0.15) is 4.88 Å². The number of hydrogen-bond donors (Lipinski definition) is 2. The molecule has 0 unspecified atom stereocenters. The molecule has 3 aromatic rings. The molecule has 0 spiro atoms. The van der Waals surface area contributed by atoms with Gasteiger partial charge in [-0.3, -0.25) is 4.79 Å². The van der Waals surface area contributed by atoms with Crippen LogP contribution in [0, 0.1) is 0 Å². The molecule has 3 nitrogen and oxygen atoms in total. The molecule has 3 rings (SSSR count). The quantitative estimate of drug-likeness (QED) is 0.761. The zero-order valence-corrected chi connectivity index (χ0v) is 12.7. The van der Waals surface area contributed by atoms with Crippen molar-refractivity contribution >= 4 is 56.0 Å². The van der Waals surface area contributed by atoms with Gasteiger partial charge in [-0.1, -0.05) is 17.7 Å². The highest BCUT2D eigenvalue weighted by Crippen LogP contribution is 2.35. The van der Waals surface area contributed by atoms with Crippen molar-refractivity contribution in [2.45, 2.75) is 6.54 Å². The van der Waals surface area contributed by atoms with Crippen molar-refractivity contribution < 1.29 is 4.79 Å². The highest BCUT2D eigenvalue weighted by molar-refractivity contribution is 7.21. The Hall–Kier alpha value is -1.56. The minimum Gasteiger partial charge on any atom is -0.397 e. The number of fused-ring (bicyclic) bond motifs is 1. The van der Waals surface area contributed by atoms with Gasteiger partial charge in [0, 0.05) is 20.0 Å². The predicted molar refractivity (Wildman–Crippen MR) is 86.7 cm³/mol. The monoisotopic (exact) mass is 322 g/mol. The number of hydrogen-bond acceptors (Lipinski definition) is 4. The smallest absolute Gasteiger partial charge is 0.263 e. The van der Waals surface area contributed by atoms with Gasteiger partial charge in [0.15, 0.2) is 0 Å². The second-order valence-electron chi connectivity index (χ2n) is 4.25. The third-order valence-corrected chi connectivity index (χ3v) is 5.19. The molecule has 20 heavy (non-hydrogen) atoms. The van der Waals surface area contributed by atoms with Gasteiger partial charge < -0.3 is 11.1 Å². The van der Waals surface area contributed by atoms with E-state index in [0.717, 1.165) is 15.0 Å². The second kappa shape index (κ2) is 5.44. The molecule has 1 aromatic carbocycles. The van der Waals surface area contributed by atoms with E-state index in [-0.39, 0.29) is 5.91 Å². The Morgan fingerprint density at radius 2 is 2.20 bits per heavy atom. The Bertz CT molecular complexity index is 765. The van der Waals surface area contributed by atoms with Crippen molar-refractivity contribution in [3.8, 4) is 0 Å². The van der Waals surface area contributed by atoms with Crippen LogP contribution >= 0.6 is 34.3 Å². The van der Waals surface area contributed by atoms with Gasteiger partial charge in [-0.15, -0.1) is 22.7 Å². The zero-order valence-electron chi connectivity index (χ0n) is 10.4. The van der Waals surface area contributed by atoms with E-state index in [1.165, 1.54) is 11.3 Å². The molecule has 0 saturated carbocycles. The number of rotatable bonds is 3. The maximum Gasteiger partial charge on any atom is 0.263 e. The average molecular weight is 323 g/mol. The Labute approximate surface area is 129 Å². The van der Waals surface area contributed by atoms with Crippen LogP contribution in [0.1, 0.15) is 14.5 Å². The molecule has 6 heteroatoms. The molecule has 1 amide bonds. The molecule has 0 aliphatic rings. The molecule has 102 valence electrons. The summed E-state index contributed by atoms with van der Waals surface area (Å²) in [6.07, 6.45) is 0. The van der Waals surface area contributed by atoms with Crippen LogP contribution in [0.25, 0.3) is 10.1 Å². The fourth-order valence-electron chi connectivity index (χ4n) is 1.92. The summed E-state index contributed by atoms with van der Waals surface area (Å²) in [4.78, 5) is 13.9. The maximum absolute atomic E-state index is 12.2. The minimum absolute atomic E-state index is 0.145. The highest BCUT2D eigenvalue weighted by atomic mass is 35.5. The summed E-state index contributed by atoms with van der Waals surface area (Å²) in [5.74, 6) is -0.145. The van der Waals surface area contributed by atoms with E-state index >= 15 is 0 Å². The number of anilines is 1.